The highest BCUT2D eigenvalue weighted by Gasteiger charge is 1.97. The maximum atomic E-state index is 3.72. The van der Waals surface area contributed by atoms with E-state index in [9.17, 15) is 0 Å². The summed E-state index contributed by atoms with van der Waals surface area (Å²) >= 11 is 0. The van der Waals surface area contributed by atoms with Gasteiger partial charge in [-0.2, -0.15) is 0 Å². The second-order valence-corrected chi connectivity index (χ2v) is 2.23. The molecule has 0 aromatic heterocycles. The van der Waals surface area contributed by atoms with Crippen LogP contribution in [-0.2, 0) is 0 Å². The molecule has 0 heteroatoms. The summed E-state index contributed by atoms with van der Waals surface area (Å²) in [4.78, 5) is 0. The van der Waals surface area contributed by atoms with Crippen LogP contribution in [0.3, 0.4) is 0 Å². The highest BCUT2D eigenvalue weighted by Crippen LogP contribution is 2.16. The quantitative estimate of drug-likeness (QED) is 0.507. The van der Waals surface area contributed by atoms with E-state index in [1.54, 1.807) is 0 Å². The van der Waals surface area contributed by atoms with Crippen molar-refractivity contribution < 1.29 is 0 Å². The lowest BCUT2D eigenvalue weighted by Crippen LogP contribution is -1.86. The van der Waals surface area contributed by atoms with Gasteiger partial charge in [0.1, 0.15) is 0 Å². The minimum Gasteiger partial charge on any atom is -0.106 e. The summed E-state index contributed by atoms with van der Waals surface area (Å²) in [5, 5.41) is 0. The molecule has 0 aromatic rings. The van der Waals surface area contributed by atoms with Crippen molar-refractivity contribution in [2.24, 2.45) is 0 Å². The van der Waals surface area contributed by atoms with Crippen molar-refractivity contribution in [1.29, 1.82) is 0 Å². The normalized spacial score (nSPS) is 13.8. The Labute approximate surface area is 77.0 Å². The van der Waals surface area contributed by atoms with E-state index in [-0.39, 0.29) is 0 Å². The van der Waals surface area contributed by atoms with E-state index >= 15 is 0 Å². The molecule has 0 nitrogen and oxygen atoms in total. The first-order valence-electron chi connectivity index (χ1n) is 4.25. The number of rotatable bonds is 1. The van der Waals surface area contributed by atoms with E-state index in [2.05, 4.69) is 39.0 Å². The highest BCUT2D eigenvalue weighted by atomic mass is 14.0. The summed E-state index contributed by atoms with van der Waals surface area (Å²) in [5.74, 6) is 0. The molecular formula is C12H20. The van der Waals surface area contributed by atoms with Crippen molar-refractivity contribution in [2.45, 2.75) is 25.7 Å². The van der Waals surface area contributed by atoms with Crippen LogP contribution in [0.4, 0.5) is 0 Å². The predicted molar refractivity (Wildman–Crippen MR) is 59.3 cm³/mol. The molecule has 0 fully saturated rings. The van der Waals surface area contributed by atoms with Crippen LogP contribution in [-0.4, -0.2) is 0 Å². The van der Waals surface area contributed by atoms with Crippen molar-refractivity contribution in [3.8, 4) is 0 Å². The van der Waals surface area contributed by atoms with Gasteiger partial charge in [-0.05, 0) is 25.7 Å². The fourth-order valence-corrected chi connectivity index (χ4v) is 1.05. The third-order valence-corrected chi connectivity index (χ3v) is 1.59. The zero-order chi connectivity index (χ0) is 9.82. The van der Waals surface area contributed by atoms with Gasteiger partial charge in [-0.3, -0.25) is 0 Å². The molecule has 0 saturated carbocycles. The summed E-state index contributed by atoms with van der Waals surface area (Å²) in [5.41, 5.74) is 1.44. The second kappa shape index (κ2) is 12.6. The van der Waals surface area contributed by atoms with Crippen LogP contribution in [0.25, 0.3) is 0 Å². The molecule has 0 saturated heterocycles. The molecule has 0 heterocycles. The molecule has 1 aliphatic rings. The number of allylic oxidation sites excluding steroid dienone is 3. The van der Waals surface area contributed by atoms with Crippen LogP contribution in [0.5, 0.6) is 0 Å². The fourth-order valence-electron chi connectivity index (χ4n) is 1.05. The minimum atomic E-state index is 1.25. The SMILES string of the molecule is C=C.C=C.C=CC1=CCCCC1. The van der Waals surface area contributed by atoms with Crippen LogP contribution >= 0.6 is 0 Å². The monoisotopic (exact) mass is 164 g/mol. The third-order valence-electron chi connectivity index (χ3n) is 1.59. The van der Waals surface area contributed by atoms with Gasteiger partial charge in [-0.1, -0.05) is 24.3 Å². The van der Waals surface area contributed by atoms with Gasteiger partial charge < -0.3 is 0 Å². The Morgan fingerprint density at radius 1 is 1.08 bits per heavy atom. The third kappa shape index (κ3) is 7.07. The Morgan fingerprint density at radius 2 is 1.67 bits per heavy atom. The average molecular weight is 164 g/mol. The molecule has 0 N–H and O–H groups in total. The molecule has 12 heavy (non-hydrogen) atoms. The molecule has 0 radical (unpaired) electrons. The number of hydrogen-bond donors (Lipinski definition) is 0. The summed E-state index contributed by atoms with van der Waals surface area (Å²) in [6, 6.07) is 0. The first-order chi connectivity index (χ1) is 5.93. The van der Waals surface area contributed by atoms with Crippen LogP contribution in [0.1, 0.15) is 25.7 Å². The van der Waals surface area contributed by atoms with Crippen LogP contribution in [0.15, 0.2) is 50.6 Å². The molecule has 0 unspecified atom stereocenters. The zero-order valence-corrected chi connectivity index (χ0v) is 8.02. The van der Waals surface area contributed by atoms with Crippen molar-refractivity contribution >= 4 is 0 Å². The molecular weight excluding hydrogens is 144 g/mol. The molecule has 68 valence electrons. The van der Waals surface area contributed by atoms with E-state index in [0.717, 1.165) is 0 Å². The van der Waals surface area contributed by atoms with E-state index in [1.165, 1.54) is 31.3 Å². The van der Waals surface area contributed by atoms with Gasteiger partial charge in [-0.15, -0.1) is 26.3 Å². The van der Waals surface area contributed by atoms with Gasteiger partial charge in [-0.25, -0.2) is 0 Å². The molecule has 0 aliphatic heterocycles. The van der Waals surface area contributed by atoms with Crippen molar-refractivity contribution in [2.75, 3.05) is 0 Å². The number of hydrogen-bond acceptors (Lipinski definition) is 0. The Hall–Kier alpha value is -1.04. The van der Waals surface area contributed by atoms with E-state index in [4.69, 9.17) is 0 Å². The van der Waals surface area contributed by atoms with Crippen LogP contribution in [0.2, 0.25) is 0 Å². The summed E-state index contributed by atoms with van der Waals surface area (Å²) < 4.78 is 0. The lowest BCUT2D eigenvalue weighted by atomic mass is 10.0. The first-order valence-corrected chi connectivity index (χ1v) is 4.25. The maximum Gasteiger partial charge on any atom is -0.0282 e. The van der Waals surface area contributed by atoms with Crippen LogP contribution < -0.4 is 0 Å². The molecule has 1 rings (SSSR count). The van der Waals surface area contributed by atoms with Gasteiger partial charge in [0.2, 0.25) is 0 Å². The first kappa shape index (κ1) is 13.5. The van der Waals surface area contributed by atoms with Gasteiger partial charge in [0.15, 0.2) is 0 Å². The Morgan fingerprint density at radius 3 is 1.92 bits per heavy atom. The van der Waals surface area contributed by atoms with Crippen LogP contribution in [0, 0.1) is 0 Å². The van der Waals surface area contributed by atoms with Gasteiger partial charge >= 0.3 is 0 Å². The van der Waals surface area contributed by atoms with E-state index in [1.807, 2.05) is 6.08 Å². The van der Waals surface area contributed by atoms with E-state index in [0.29, 0.717) is 0 Å². The Bertz CT molecular complexity index is 129. The molecule has 0 spiro atoms. The Balaban J connectivity index is 0. The molecule has 1 aliphatic carbocycles. The standard InChI is InChI=1S/C8H12.2C2H4/c1-2-8-6-4-3-5-7-8;2*1-2/h2,6H,1,3-5,7H2;2*1-2H2. The van der Waals surface area contributed by atoms with Crippen molar-refractivity contribution in [3.05, 3.63) is 50.6 Å². The molecule has 0 aromatic carbocycles. The lowest BCUT2D eigenvalue weighted by Gasteiger charge is -2.06. The predicted octanol–water partition coefficient (Wildman–Crippen LogP) is 4.28. The maximum absolute atomic E-state index is 3.72. The fraction of sp³-hybridized carbons (Fsp3) is 0.333. The molecule has 0 atom stereocenters. The summed E-state index contributed by atoms with van der Waals surface area (Å²) in [7, 11) is 0. The van der Waals surface area contributed by atoms with Crippen molar-refractivity contribution in [1.82, 2.24) is 0 Å². The van der Waals surface area contributed by atoms with E-state index < -0.39 is 0 Å². The van der Waals surface area contributed by atoms with Crippen molar-refractivity contribution in [3.63, 3.8) is 0 Å². The summed E-state index contributed by atoms with van der Waals surface area (Å²) in [6.07, 6.45) is 9.51. The molecule has 0 bridgehead atoms. The Kier molecular flexibility index (Phi) is 14.2. The van der Waals surface area contributed by atoms with Gasteiger partial charge in [0.25, 0.3) is 0 Å². The zero-order valence-electron chi connectivity index (χ0n) is 8.02. The average Bonchev–Trinajstić information content (AvgIpc) is 2.25. The smallest absolute Gasteiger partial charge is 0.0282 e. The highest BCUT2D eigenvalue weighted by molar-refractivity contribution is 5.17. The van der Waals surface area contributed by atoms with Gasteiger partial charge in [0.05, 0.1) is 0 Å². The largest absolute Gasteiger partial charge is 0.106 e. The lowest BCUT2D eigenvalue weighted by molar-refractivity contribution is 0.712. The topological polar surface area (TPSA) is 0 Å². The minimum absolute atomic E-state index is 1.25. The second-order valence-electron chi connectivity index (χ2n) is 2.23. The van der Waals surface area contributed by atoms with Gasteiger partial charge in [0, 0.05) is 0 Å². The summed E-state index contributed by atoms with van der Waals surface area (Å²) in [6.45, 7) is 15.7. The molecule has 0 amide bonds.